The van der Waals surface area contributed by atoms with Crippen LogP contribution in [0.15, 0.2) is 30.6 Å². The fourth-order valence-electron chi connectivity index (χ4n) is 2.07. The van der Waals surface area contributed by atoms with Crippen molar-refractivity contribution in [1.29, 1.82) is 0 Å². The Balaban J connectivity index is 2.18. The van der Waals surface area contributed by atoms with E-state index in [9.17, 15) is 4.79 Å². The highest BCUT2D eigenvalue weighted by Crippen LogP contribution is 2.21. The first-order valence-corrected chi connectivity index (χ1v) is 6.54. The quantitative estimate of drug-likeness (QED) is 0.837. The molecule has 0 saturated heterocycles. The maximum Gasteiger partial charge on any atom is 0.309 e. The Hall–Kier alpha value is -2.10. The van der Waals surface area contributed by atoms with Gasteiger partial charge in [-0.1, -0.05) is 37.6 Å². The maximum atomic E-state index is 10.8. The topological polar surface area (TPSA) is 66.0 Å². The summed E-state index contributed by atoms with van der Waals surface area (Å²) < 4.78 is 0. The fourth-order valence-corrected chi connectivity index (χ4v) is 2.07. The Morgan fingerprint density at radius 1 is 1.32 bits per heavy atom. The van der Waals surface area contributed by atoms with Crippen LogP contribution < -0.4 is 0 Å². The van der Waals surface area contributed by atoms with Gasteiger partial charge in [-0.3, -0.25) is 4.79 Å². The van der Waals surface area contributed by atoms with Crippen molar-refractivity contribution < 1.29 is 9.90 Å². The van der Waals surface area contributed by atoms with Crippen molar-refractivity contribution in [2.45, 2.75) is 32.6 Å². The molecule has 0 aliphatic rings. The van der Waals surface area contributed by atoms with Gasteiger partial charge in [0.05, 0.1) is 24.1 Å². The van der Waals surface area contributed by atoms with Crippen LogP contribution >= 0.6 is 0 Å². The van der Waals surface area contributed by atoms with E-state index < -0.39 is 5.97 Å². The van der Waals surface area contributed by atoms with Gasteiger partial charge in [0.25, 0.3) is 0 Å². The van der Waals surface area contributed by atoms with E-state index in [2.05, 4.69) is 29.0 Å². The molecule has 100 valence electrons. The monoisotopic (exact) mass is 258 g/mol. The third-order valence-electron chi connectivity index (χ3n) is 3.09. The number of imidazole rings is 1. The van der Waals surface area contributed by atoms with Crippen molar-refractivity contribution in [3.05, 3.63) is 41.9 Å². The molecule has 0 spiro atoms. The summed E-state index contributed by atoms with van der Waals surface area (Å²) >= 11 is 0. The van der Waals surface area contributed by atoms with Gasteiger partial charge in [0, 0.05) is 5.56 Å². The summed E-state index contributed by atoms with van der Waals surface area (Å²) in [6.07, 6.45) is 4.96. The SMILES string of the molecule is CCCCc1ccc(-c2nc[nH]c2CC(=O)O)cc1. The Kier molecular flexibility index (Phi) is 4.34. The second-order valence-corrected chi connectivity index (χ2v) is 4.60. The first kappa shape index (κ1) is 13.3. The predicted octanol–water partition coefficient (Wildman–Crippen LogP) is 3.05. The molecular formula is C15H18N2O2. The van der Waals surface area contributed by atoms with Gasteiger partial charge < -0.3 is 10.1 Å². The van der Waals surface area contributed by atoms with Crippen molar-refractivity contribution in [1.82, 2.24) is 9.97 Å². The summed E-state index contributed by atoms with van der Waals surface area (Å²) in [6, 6.07) is 8.19. The third-order valence-corrected chi connectivity index (χ3v) is 3.09. The maximum absolute atomic E-state index is 10.8. The van der Waals surface area contributed by atoms with E-state index in [1.807, 2.05) is 12.1 Å². The Morgan fingerprint density at radius 2 is 2.05 bits per heavy atom. The van der Waals surface area contributed by atoms with Crippen LogP contribution in [0.3, 0.4) is 0 Å². The molecule has 4 nitrogen and oxygen atoms in total. The van der Waals surface area contributed by atoms with Crippen LogP contribution in [0.25, 0.3) is 11.3 Å². The Labute approximate surface area is 112 Å². The minimum atomic E-state index is -0.856. The van der Waals surface area contributed by atoms with Crippen LogP contribution in [0.5, 0.6) is 0 Å². The number of nitrogens with one attached hydrogen (secondary N) is 1. The second-order valence-electron chi connectivity index (χ2n) is 4.60. The van der Waals surface area contributed by atoms with Gasteiger partial charge in [-0.25, -0.2) is 4.98 Å². The number of hydrogen-bond donors (Lipinski definition) is 2. The summed E-state index contributed by atoms with van der Waals surface area (Å²) in [5, 5.41) is 8.85. The zero-order valence-electron chi connectivity index (χ0n) is 11.0. The Bertz CT molecular complexity index is 544. The fraction of sp³-hybridized carbons (Fsp3) is 0.333. The lowest BCUT2D eigenvalue weighted by molar-refractivity contribution is -0.136. The molecule has 19 heavy (non-hydrogen) atoms. The predicted molar refractivity (Wildman–Crippen MR) is 74.0 cm³/mol. The van der Waals surface area contributed by atoms with Gasteiger partial charge in [-0.05, 0) is 18.4 Å². The summed E-state index contributed by atoms with van der Waals surface area (Å²) in [5.74, 6) is -0.856. The number of carboxylic acid groups (broad SMARTS) is 1. The zero-order valence-corrected chi connectivity index (χ0v) is 11.0. The molecule has 0 amide bonds. The minimum Gasteiger partial charge on any atom is -0.481 e. The van der Waals surface area contributed by atoms with Crippen LogP contribution in [-0.4, -0.2) is 21.0 Å². The van der Waals surface area contributed by atoms with Crippen LogP contribution in [0, 0.1) is 0 Å². The van der Waals surface area contributed by atoms with Gasteiger partial charge >= 0.3 is 5.97 Å². The highest BCUT2D eigenvalue weighted by atomic mass is 16.4. The van der Waals surface area contributed by atoms with Crippen molar-refractivity contribution in [3.8, 4) is 11.3 Å². The normalized spacial score (nSPS) is 10.6. The van der Waals surface area contributed by atoms with Crippen molar-refractivity contribution in [2.24, 2.45) is 0 Å². The molecule has 1 aromatic carbocycles. The molecule has 2 rings (SSSR count). The van der Waals surface area contributed by atoms with Crippen molar-refractivity contribution in [2.75, 3.05) is 0 Å². The van der Waals surface area contributed by atoms with Gasteiger partial charge in [0.2, 0.25) is 0 Å². The number of aryl methyl sites for hydroxylation is 1. The summed E-state index contributed by atoms with van der Waals surface area (Å²) in [5.41, 5.74) is 3.64. The number of carbonyl (C=O) groups is 1. The number of H-pyrrole nitrogens is 1. The number of rotatable bonds is 6. The number of unbranched alkanes of at least 4 members (excludes halogenated alkanes) is 1. The second kappa shape index (κ2) is 6.18. The van der Waals surface area contributed by atoms with E-state index in [1.54, 1.807) is 6.33 Å². The van der Waals surface area contributed by atoms with Crippen molar-refractivity contribution in [3.63, 3.8) is 0 Å². The lowest BCUT2D eigenvalue weighted by Crippen LogP contribution is -2.01. The molecule has 2 aromatic rings. The zero-order chi connectivity index (χ0) is 13.7. The number of hydrogen-bond acceptors (Lipinski definition) is 2. The lowest BCUT2D eigenvalue weighted by Gasteiger charge is -2.03. The first-order chi connectivity index (χ1) is 9.20. The van der Waals surface area contributed by atoms with Crippen LogP contribution in [-0.2, 0) is 17.6 Å². The molecule has 1 aromatic heterocycles. The molecule has 0 fully saturated rings. The van der Waals surface area contributed by atoms with Gasteiger partial charge in [-0.2, -0.15) is 0 Å². The number of aromatic nitrogens is 2. The third kappa shape index (κ3) is 3.44. The van der Waals surface area contributed by atoms with E-state index in [0.717, 1.165) is 17.7 Å². The van der Waals surface area contributed by atoms with E-state index in [1.165, 1.54) is 18.4 Å². The van der Waals surface area contributed by atoms with E-state index >= 15 is 0 Å². The number of carboxylic acids is 1. The smallest absolute Gasteiger partial charge is 0.309 e. The first-order valence-electron chi connectivity index (χ1n) is 6.54. The van der Waals surface area contributed by atoms with Gasteiger partial charge in [-0.15, -0.1) is 0 Å². The van der Waals surface area contributed by atoms with Gasteiger partial charge in [0.15, 0.2) is 0 Å². The van der Waals surface area contributed by atoms with E-state index in [4.69, 9.17) is 5.11 Å². The molecular weight excluding hydrogens is 240 g/mol. The molecule has 0 bridgehead atoms. The van der Waals surface area contributed by atoms with Crippen LogP contribution in [0.2, 0.25) is 0 Å². The highest BCUT2D eigenvalue weighted by molar-refractivity contribution is 5.73. The average molecular weight is 258 g/mol. The van der Waals surface area contributed by atoms with Crippen LogP contribution in [0.4, 0.5) is 0 Å². The standard InChI is InChI=1S/C15H18N2O2/c1-2-3-4-11-5-7-12(8-6-11)15-13(9-14(18)19)16-10-17-15/h5-8,10H,2-4,9H2,1H3,(H,16,17)(H,18,19). The van der Waals surface area contributed by atoms with Crippen molar-refractivity contribution >= 4 is 5.97 Å². The number of benzene rings is 1. The summed E-state index contributed by atoms with van der Waals surface area (Å²) in [4.78, 5) is 17.9. The van der Waals surface area contributed by atoms with E-state index in [-0.39, 0.29) is 6.42 Å². The largest absolute Gasteiger partial charge is 0.481 e. The molecule has 0 radical (unpaired) electrons. The molecule has 0 aliphatic heterocycles. The molecule has 1 heterocycles. The lowest BCUT2D eigenvalue weighted by atomic mass is 10.0. The summed E-state index contributed by atoms with van der Waals surface area (Å²) in [7, 11) is 0. The Morgan fingerprint density at radius 3 is 2.68 bits per heavy atom. The van der Waals surface area contributed by atoms with Gasteiger partial charge in [0.1, 0.15) is 0 Å². The molecule has 4 heteroatoms. The molecule has 0 atom stereocenters. The number of aliphatic carboxylic acids is 1. The average Bonchev–Trinajstić information content (AvgIpc) is 2.84. The molecule has 0 saturated carbocycles. The number of aromatic amines is 1. The molecule has 0 unspecified atom stereocenters. The van der Waals surface area contributed by atoms with E-state index in [0.29, 0.717) is 5.69 Å². The number of nitrogens with zero attached hydrogens (tertiary/aromatic N) is 1. The summed E-state index contributed by atoms with van der Waals surface area (Å²) in [6.45, 7) is 2.18. The molecule has 2 N–H and O–H groups in total. The minimum absolute atomic E-state index is 0.0348. The highest BCUT2D eigenvalue weighted by Gasteiger charge is 2.11. The molecule has 0 aliphatic carbocycles. The van der Waals surface area contributed by atoms with Crippen LogP contribution in [0.1, 0.15) is 31.0 Å².